The Kier molecular flexibility index (Phi) is 3.86. The summed E-state index contributed by atoms with van der Waals surface area (Å²) >= 11 is 0. The highest BCUT2D eigenvalue weighted by Crippen LogP contribution is 2.28. The molecule has 7 nitrogen and oxygen atoms in total. The number of nitrogens with one attached hydrogen (secondary N) is 1. The van der Waals surface area contributed by atoms with Crippen molar-refractivity contribution in [3.05, 3.63) is 54.3 Å². The molecule has 1 aromatic carbocycles. The number of carbonyl (C=O) groups is 1. The van der Waals surface area contributed by atoms with Gasteiger partial charge >= 0.3 is 0 Å². The first-order valence-electron chi connectivity index (χ1n) is 6.55. The molecule has 3 rings (SSSR count). The molecule has 112 valence electrons. The van der Waals surface area contributed by atoms with Gasteiger partial charge in [-0.25, -0.2) is 0 Å². The van der Waals surface area contributed by atoms with Gasteiger partial charge in [0.1, 0.15) is 5.75 Å². The van der Waals surface area contributed by atoms with E-state index in [2.05, 4.69) is 15.5 Å². The molecule has 0 saturated heterocycles. The zero-order valence-corrected chi connectivity index (χ0v) is 11.8. The molecule has 1 N–H and O–H groups in total. The maximum Gasteiger partial charge on any atom is 0.287 e. The lowest BCUT2D eigenvalue weighted by atomic mass is 10.2. The number of hydrogen-bond donors (Lipinski definition) is 1. The van der Waals surface area contributed by atoms with Gasteiger partial charge in [-0.15, -0.1) is 10.2 Å². The maximum atomic E-state index is 11.7. The highest BCUT2D eigenvalue weighted by molar-refractivity contribution is 5.91. The number of rotatable bonds is 5. The minimum absolute atomic E-state index is 0.113. The molecule has 0 unspecified atom stereocenters. The van der Waals surface area contributed by atoms with Crippen LogP contribution < -0.4 is 10.1 Å². The SMILES string of the molecule is COc1ccccc1-c1nnc(CNC(=O)c2ccco2)o1. The van der Waals surface area contributed by atoms with E-state index < -0.39 is 0 Å². The fourth-order valence-electron chi connectivity index (χ4n) is 1.91. The Morgan fingerprint density at radius 3 is 2.86 bits per heavy atom. The van der Waals surface area contributed by atoms with Crippen LogP contribution in [0.15, 0.2) is 51.5 Å². The van der Waals surface area contributed by atoms with Crippen molar-refractivity contribution in [3.8, 4) is 17.2 Å². The Morgan fingerprint density at radius 1 is 1.23 bits per heavy atom. The second-order valence-electron chi connectivity index (χ2n) is 4.36. The molecule has 7 heteroatoms. The lowest BCUT2D eigenvalue weighted by Crippen LogP contribution is -2.22. The average molecular weight is 299 g/mol. The van der Waals surface area contributed by atoms with Gasteiger partial charge in [0, 0.05) is 0 Å². The Labute approximate surface area is 125 Å². The zero-order valence-electron chi connectivity index (χ0n) is 11.8. The molecule has 0 atom stereocenters. The zero-order chi connectivity index (χ0) is 15.4. The van der Waals surface area contributed by atoms with Crippen LogP contribution in [0, 0.1) is 0 Å². The fourth-order valence-corrected chi connectivity index (χ4v) is 1.91. The first-order valence-corrected chi connectivity index (χ1v) is 6.55. The summed E-state index contributed by atoms with van der Waals surface area (Å²) in [6.45, 7) is 0.113. The van der Waals surface area contributed by atoms with Crippen LogP contribution >= 0.6 is 0 Å². The van der Waals surface area contributed by atoms with Crippen molar-refractivity contribution in [1.82, 2.24) is 15.5 Å². The smallest absolute Gasteiger partial charge is 0.287 e. The fraction of sp³-hybridized carbons (Fsp3) is 0.133. The molecular formula is C15H13N3O4. The van der Waals surface area contributed by atoms with Crippen LogP contribution in [0.2, 0.25) is 0 Å². The van der Waals surface area contributed by atoms with Gasteiger partial charge in [0.25, 0.3) is 11.8 Å². The van der Waals surface area contributed by atoms with E-state index >= 15 is 0 Å². The molecule has 0 fully saturated rings. The Hall–Kier alpha value is -3.09. The van der Waals surface area contributed by atoms with Gasteiger partial charge in [0.2, 0.25) is 5.89 Å². The van der Waals surface area contributed by atoms with Crippen molar-refractivity contribution in [2.45, 2.75) is 6.54 Å². The molecule has 0 aliphatic rings. The van der Waals surface area contributed by atoms with Crippen molar-refractivity contribution in [3.63, 3.8) is 0 Å². The highest BCUT2D eigenvalue weighted by atomic mass is 16.5. The van der Waals surface area contributed by atoms with Gasteiger partial charge in [-0.2, -0.15) is 0 Å². The summed E-state index contributed by atoms with van der Waals surface area (Å²) in [5.74, 6) is 1.14. The van der Waals surface area contributed by atoms with E-state index in [1.807, 2.05) is 18.2 Å². The van der Waals surface area contributed by atoms with Gasteiger partial charge in [0.15, 0.2) is 5.76 Å². The van der Waals surface area contributed by atoms with Crippen LogP contribution in [-0.4, -0.2) is 23.2 Å². The molecule has 1 amide bonds. The van der Waals surface area contributed by atoms with Crippen LogP contribution in [0.3, 0.4) is 0 Å². The summed E-state index contributed by atoms with van der Waals surface area (Å²) < 4.78 is 15.8. The van der Waals surface area contributed by atoms with Crippen molar-refractivity contribution < 1.29 is 18.4 Å². The molecule has 2 aromatic heterocycles. The molecule has 0 bridgehead atoms. The van der Waals surface area contributed by atoms with Crippen LogP contribution in [-0.2, 0) is 6.54 Å². The summed E-state index contributed by atoms with van der Waals surface area (Å²) in [5, 5.41) is 10.5. The Bertz CT molecular complexity index is 765. The minimum atomic E-state index is -0.345. The van der Waals surface area contributed by atoms with E-state index in [1.165, 1.54) is 6.26 Å². The van der Waals surface area contributed by atoms with E-state index in [0.29, 0.717) is 23.1 Å². The van der Waals surface area contributed by atoms with E-state index in [1.54, 1.807) is 25.3 Å². The van der Waals surface area contributed by atoms with Crippen molar-refractivity contribution >= 4 is 5.91 Å². The molecule has 22 heavy (non-hydrogen) atoms. The van der Waals surface area contributed by atoms with Gasteiger partial charge < -0.3 is 18.9 Å². The Morgan fingerprint density at radius 2 is 2.09 bits per heavy atom. The van der Waals surface area contributed by atoms with Gasteiger partial charge in [0.05, 0.1) is 25.5 Å². The Balaban J connectivity index is 1.70. The van der Waals surface area contributed by atoms with E-state index in [9.17, 15) is 4.79 Å². The predicted octanol–water partition coefficient (Wildman–Crippen LogP) is 2.27. The third-order valence-electron chi connectivity index (χ3n) is 2.95. The van der Waals surface area contributed by atoms with Gasteiger partial charge in [-0.3, -0.25) is 4.79 Å². The van der Waals surface area contributed by atoms with E-state index in [0.717, 1.165) is 0 Å². The minimum Gasteiger partial charge on any atom is -0.496 e. The van der Waals surface area contributed by atoms with E-state index in [-0.39, 0.29) is 18.2 Å². The van der Waals surface area contributed by atoms with Gasteiger partial charge in [-0.1, -0.05) is 12.1 Å². The topological polar surface area (TPSA) is 90.4 Å². The summed E-state index contributed by atoms with van der Waals surface area (Å²) in [7, 11) is 1.57. The number of carbonyl (C=O) groups excluding carboxylic acids is 1. The second-order valence-corrected chi connectivity index (χ2v) is 4.36. The average Bonchev–Trinajstić information content (AvgIpc) is 3.24. The number of para-hydroxylation sites is 1. The standard InChI is InChI=1S/C15H13N3O4/c1-20-11-6-3-2-5-10(11)15-18-17-13(22-15)9-16-14(19)12-7-4-8-21-12/h2-8H,9H2,1H3,(H,16,19). The number of furan rings is 1. The predicted molar refractivity (Wildman–Crippen MR) is 76.2 cm³/mol. The molecule has 0 saturated carbocycles. The van der Waals surface area contributed by atoms with Crippen molar-refractivity contribution in [1.29, 1.82) is 0 Å². The molecule has 3 aromatic rings. The number of ether oxygens (including phenoxy) is 1. The second kappa shape index (κ2) is 6.13. The van der Waals surface area contributed by atoms with Crippen molar-refractivity contribution in [2.24, 2.45) is 0 Å². The molecule has 0 radical (unpaired) electrons. The molecule has 2 heterocycles. The lowest BCUT2D eigenvalue weighted by molar-refractivity contribution is 0.0919. The number of amides is 1. The normalized spacial score (nSPS) is 10.4. The highest BCUT2D eigenvalue weighted by Gasteiger charge is 2.14. The summed E-state index contributed by atoms with van der Waals surface area (Å²) in [4.78, 5) is 11.7. The summed E-state index contributed by atoms with van der Waals surface area (Å²) in [6, 6.07) is 10.5. The third-order valence-corrected chi connectivity index (χ3v) is 2.95. The number of benzene rings is 1. The number of aromatic nitrogens is 2. The quantitative estimate of drug-likeness (QED) is 0.777. The molecular weight excluding hydrogens is 286 g/mol. The van der Waals surface area contributed by atoms with Crippen molar-refractivity contribution in [2.75, 3.05) is 7.11 Å². The number of hydrogen-bond acceptors (Lipinski definition) is 6. The first kappa shape index (κ1) is 13.9. The summed E-state index contributed by atoms with van der Waals surface area (Å²) in [6.07, 6.45) is 1.43. The van der Waals surface area contributed by atoms with E-state index in [4.69, 9.17) is 13.6 Å². The monoisotopic (exact) mass is 299 g/mol. The molecule has 0 aliphatic carbocycles. The largest absolute Gasteiger partial charge is 0.496 e. The van der Waals surface area contributed by atoms with Gasteiger partial charge in [-0.05, 0) is 24.3 Å². The molecule has 0 spiro atoms. The first-order chi connectivity index (χ1) is 10.8. The van der Waals surface area contributed by atoms with Crippen LogP contribution in [0.1, 0.15) is 16.4 Å². The van der Waals surface area contributed by atoms with Crippen LogP contribution in [0.25, 0.3) is 11.5 Å². The third kappa shape index (κ3) is 2.83. The lowest BCUT2D eigenvalue weighted by Gasteiger charge is -2.03. The number of nitrogens with zero attached hydrogens (tertiary/aromatic N) is 2. The maximum absolute atomic E-state index is 11.7. The summed E-state index contributed by atoms with van der Waals surface area (Å²) in [5.41, 5.74) is 0.695. The number of methoxy groups -OCH3 is 1. The van der Waals surface area contributed by atoms with Crippen LogP contribution in [0.5, 0.6) is 5.75 Å². The van der Waals surface area contributed by atoms with Crippen LogP contribution in [0.4, 0.5) is 0 Å². The molecule has 0 aliphatic heterocycles.